The highest BCUT2D eigenvalue weighted by atomic mass is 79.9. The lowest BCUT2D eigenvalue weighted by Crippen LogP contribution is -3.00. The van der Waals surface area contributed by atoms with Gasteiger partial charge in [0, 0.05) is 5.33 Å². The summed E-state index contributed by atoms with van der Waals surface area (Å²) in [6, 6.07) is 0. The van der Waals surface area contributed by atoms with Crippen LogP contribution in [0.1, 0.15) is 51.9 Å². The zero-order valence-corrected chi connectivity index (χ0v) is 13.6. The van der Waals surface area contributed by atoms with Crippen molar-refractivity contribution in [2.45, 2.75) is 51.9 Å². The van der Waals surface area contributed by atoms with Gasteiger partial charge in [-0.05, 0) is 25.7 Å². The molecule has 0 N–H and O–H groups in total. The maximum Gasteiger partial charge on any atom is 0.0782 e. The van der Waals surface area contributed by atoms with Crippen molar-refractivity contribution in [1.82, 2.24) is 0 Å². The molecular formula is C13H29BrClN. The van der Waals surface area contributed by atoms with Gasteiger partial charge in [-0.1, -0.05) is 42.1 Å². The van der Waals surface area contributed by atoms with E-state index in [1.807, 2.05) is 0 Å². The van der Waals surface area contributed by atoms with Crippen LogP contribution in [0.25, 0.3) is 0 Å². The van der Waals surface area contributed by atoms with Crippen molar-refractivity contribution in [3.8, 4) is 0 Å². The van der Waals surface area contributed by atoms with Gasteiger partial charge in [-0.3, -0.25) is 0 Å². The molecule has 100 valence electrons. The summed E-state index contributed by atoms with van der Waals surface area (Å²) in [6.45, 7) is 4.96. The first-order chi connectivity index (χ1) is 7.12. The monoisotopic (exact) mass is 313 g/mol. The molecule has 0 aromatic carbocycles. The van der Waals surface area contributed by atoms with Crippen molar-refractivity contribution >= 4 is 15.9 Å². The average Bonchev–Trinajstić information content (AvgIpc) is 2.17. The first-order valence-corrected chi connectivity index (χ1v) is 7.62. The second kappa shape index (κ2) is 12.2. The standard InChI is InChI=1S/C13H29BrN.ClH/c1-4-5-6-7-9-12-15(2,3)13-10-8-11-14;/h4-13H2,1-3H3;1H/q+1;/p-1. The van der Waals surface area contributed by atoms with E-state index in [0.717, 1.165) is 5.33 Å². The Kier molecular flexibility index (Phi) is 14.5. The SMILES string of the molecule is CCCCCCC[N+](C)(C)CCCCBr.[Cl-]. The van der Waals surface area contributed by atoms with Crippen LogP contribution < -0.4 is 12.4 Å². The molecule has 1 nitrogen and oxygen atoms in total. The van der Waals surface area contributed by atoms with Gasteiger partial charge < -0.3 is 16.9 Å². The van der Waals surface area contributed by atoms with Crippen LogP contribution in [0.5, 0.6) is 0 Å². The molecule has 0 atom stereocenters. The summed E-state index contributed by atoms with van der Waals surface area (Å²) in [5.74, 6) is 0. The minimum Gasteiger partial charge on any atom is -1.00 e. The van der Waals surface area contributed by atoms with Crippen LogP contribution in [-0.4, -0.2) is 37.0 Å². The smallest absolute Gasteiger partial charge is 0.0782 e. The number of alkyl halides is 1. The van der Waals surface area contributed by atoms with Gasteiger partial charge in [0.1, 0.15) is 0 Å². The lowest BCUT2D eigenvalue weighted by Gasteiger charge is -2.29. The van der Waals surface area contributed by atoms with E-state index in [0.29, 0.717) is 0 Å². The van der Waals surface area contributed by atoms with Crippen LogP contribution >= 0.6 is 15.9 Å². The second-order valence-electron chi connectivity index (χ2n) is 5.19. The number of nitrogens with zero attached hydrogens (tertiary/aromatic N) is 1. The van der Waals surface area contributed by atoms with Crippen molar-refractivity contribution in [2.24, 2.45) is 0 Å². The maximum atomic E-state index is 3.49. The van der Waals surface area contributed by atoms with E-state index in [4.69, 9.17) is 0 Å². The van der Waals surface area contributed by atoms with E-state index >= 15 is 0 Å². The maximum absolute atomic E-state index is 3.49. The predicted molar refractivity (Wildman–Crippen MR) is 73.6 cm³/mol. The van der Waals surface area contributed by atoms with E-state index in [9.17, 15) is 0 Å². The molecule has 3 heteroatoms. The normalized spacial score (nSPS) is 11.2. The summed E-state index contributed by atoms with van der Waals surface area (Å²) < 4.78 is 1.21. The molecule has 0 aliphatic heterocycles. The minimum atomic E-state index is 0. The molecule has 0 heterocycles. The molecular weight excluding hydrogens is 286 g/mol. The van der Waals surface area contributed by atoms with Gasteiger partial charge >= 0.3 is 0 Å². The summed E-state index contributed by atoms with van der Waals surface area (Å²) in [5.41, 5.74) is 0. The molecule has 0 saturated carbocycles. The van der Waals surface area contributed by atoms with Crippen molar-refractivity contribution in [2.75, 3.05) is 32.5 Å². The lowest BCUT2D eigenvalue weighted by molar-refractivity contribution is -0.890. The molecule has 0 saturated heterocycles. The Bertz CT molecular complexity index is 140. The quantitative estimate of drug-likeness (QED) is 0.323. The van der Waals surface area contributed by atoms with Crippen molar-refractivity contribution < 1.29 is 16.9 Å². The molecule has 0 aliphatic carbocycles. The number of halogens is 2. The molecule has 0 radical (unpaired) electrons. The number of unbranched alkanes of at least 4 members (excludes halogenated alkanes) is 5. The molecule has 16 heavy (non-hydrogen) atoms. The third-order valence-corrected chi connectivity index (χ3v) is 3.57. The number of hydrogen-bond donors (Lipinski definition) is 0. The molecule has 0 bridgehead atoms. The first-order valence-electron chi connectivity index (χ1n) is 6.50. The number of quaternary nitrogens is 1. The number of hydrogen-bond acceptors (Lipinski definition) is 0. The lowest BCUT2D eigenvalue weighted by atomic mass is 10.1. The summed E-state index contributed by atoms with van der Waals surface area (Å²) in [6.07, 6.45) is 9.69. The average molecular weight is 315 g/mol. The zero-order chi connectivity index (χ0) is 11.6. The van der Waals surface area contributed by atoms with Crippen molar-refractivity contribution in [3.05, 3.63) is 0 Å². The van der Waals surface area contributed by atoms with Crippen molar-refractivity contribution in [3.63, 3.8) is 0 Å². The molecule has 0 amide bonds. The van der Waals surface area contributed by atoms with Crippen LogP contribution in [0, 0.1) is 0 Å². The van der Waals surface area contributed by atoms with Gasteiger partial charge in [-0.2, -0.15) is 0 Å². The summed E-state index contributed by atoms with van der Waals surface area (Å²) >= 11 is 3.49. The fourth-order valence-electron chi connectivity index (χ4n) is 1.89. The Labute approximate surface area is 117 Å². The topological polar surface area (TPSA) is 0 Å². The molecule has 0 aliphatic rings. The Balaban J connectivity index is 0. The van der Waals surface area contributed by atoms with E-state index in [1.165, 1.54) is 62.5 Å². The Morgan fingerprint density at radius 1 is 0.812 bits per heavy atom. The van der Waals surface area contributed by atoms with Gasteiger partial charge in [0.25, 0.3) is 0 Å². The molecule has 0 fully saturated rings. The first kappa shape index (κ1) is 19.1. The van der Waals surface area contributed by atoms with Gasteiger partial charge in [0.2, 0.25) is 0 Å². The second-order valence-corrected chi connectivity index (χ2v) is 5.99. The highest BCUT2D eigenvalue weighted by molar-refractivity contribution is 9.09. The van der Waals surface area contributed by atoms with E-state index in [-0.39, 0.29) is 12.4 Å². The van der Waals surface area contributed by atoms with Crippen LogP contribution in [0.15, 0.2) is 0 Å². The highest BCUT2D eigenvalue weighted by Gasteiger charge is 2.13. The molecule has 0 spiro atoms. The van der Waals surface area contributed by atoms with E-state index < -0.39 is 0 Å². The van der Waals surface area contributed by atoms with Gasteiger partial charge in [0.05, 0.1) is 27.2 Å². The van der Waals surface area contributed by atoms with E-state index in [2.05, 4.69) is 36.9 Å². The molecule has 0 aromatic rings. The van der Waals surface area contributed by atoms with Crippen LogP contribution in [-0.2, 0) is 0 Å². The fraction of sp³-hybridized carbons (Fsp3) is 1.00. The Morgan fingerprint density at radius 3 is 1.81 bits per heavy atom. The van der Waals surface area contributed by atoms with Crippen molar-refractivity contribution in [1.29, 1.82) is 0 Å². The minimum absolute atomic E-state index is 0. The largest absolute Gasteiger partial charge is 1.00 e. The summed E-state index contributed by atoms with van der Waals surface area (Å²) in [5, 5.41) is 1.16. The zero-order valence-electron chi connectivity index (χ0n) is 11.3. The molecule has 0 unspecified atom stereocenters. The van der Waals surface area contributed by atoms with Gasteiger partial charge in [0.15, 0.2) is 0 Å². The number of rotatable bonds is 10. The predicted octanol–water partition coefficient (Wildman–Crippen LogP) is 1.21. The van der Waals surface area contributed by atoms with E-state index in [1.54, 1.807) is 0 Å². The summed E-state index contributed by atoms with van der Waals surface area (Å²) in [7, 11) is 4.74. The molecule has 0 rings (SSSR count). The highest BCUT2D eigenvalue weighted by Crippen LogP contribution is 2.08. The van der Waals surface area contributed by atoms with Crippen LogP contribution in [0.2, 0.25) is 0 Å². The van der Waals surface area contributed by atoms with Crippen LogP contribution in [0.3, 0.4) is 0 Å². The summed E-state index contributed by atoms with van der Waals surface area (Å²) in [4.78, 5) is 0. The third kappa shape index (κ3) is 12.8. The molecule has 0 aromatic heterocycles. The fourth-order valence-corrected chi connectivity index (χ4v) is 2.29. The van der Waals surface area contributed by atoms with Gasteiger partial charge in [-0.25, -0.2) is 0 Å². The Morgan fingerprint density at radius 2 is 1.31 bits per heavy atom. The van der Waals surface area contributed by atoms with Gasteiger partial charge in [-0.15, -0.1) is 0 Å². The van der Waals surface area contributed by atoms with Crippen LogP contribution in [0.4, 0.5) is 0 Å². The Hall–Kier alpha value is 0.730. The third-order valence-electron chi connectivity index (χ3n) is 3.01.